The van der Waals surface area contributed by atoms with Gasteiger partial charge in [-0.2, -0.15) is 0 Å². The van der Waals surface area contributed by atoms with Crippen LogP contribution in [0.3, 0.4) is 0 Å². The van der Waals surface area contributed by atoms with Crippen molar-refractivity contribution in [2.24, 2.45) is 5.92 Å². The number of carbonyl (C=O) groups is 1. The van der Waals surface area contributed by atoms with E-state index >= 15 is 0 Å². The summed E-state index contributed by atoms with van der Waals surface area (Å²) >= 11 is 0. The Morgan fingerprint density at radius 2 is 1.78 bits per heavy atom. The van der Waals surface area contributed by atoms with Crippen LogP contribution in [0.2, 0.25) is 0 Å². The van der Waals surface area contributed by atoms with Crippen LogP contribution in [-0.2, 0) is 14.8 Å². The molecule has 1 heterocycles. The predicted molar refractivity (Wildman–Crippen MR) is 106 cm³/mol. The van der Waals surface area contributed by atoms with Crippen molar-refractivity contribution < 1.29 is 35.2 Å². The average Bonchev–Trinajstić information content (AvgIpc) is 3.40. The van der Waals surface area contributed by atoms with Crippen molar-refractivity contribution in [3.8, 4) is 11.1 Å². The number of benzene rings is 2. The molecule has 2 aliphatic rings. The standard InChI is InChI=1S/C21H19F5N2O3S/c1-32(30,31)27-18-9-28(10-21(18,25)26)20(29)15-8-13(15)12-6-5-11(22)7-14(12)19-16(23)3-2-4-17(19)24/h2-7,13,15,18,27H,8-10H2,1H3. The fourth-order valence-corrected chi connectivity index (χ4v) is 4.97. The van der Waals surface area contributed by atoms with Gasteiger partial charge in [0.2, 0.25) is 15.9 Å². The minimum Gasteiger partial charge on any atom is -0.334 e. The minimum absolute atomic E-state index is 0.0377. The molecule has 1 saturated heterocycles. The van der Waals surface area contributed by atoms with Crippen LogP contribution in [0, 0.1) is 23.4 Å². The summed E-state index contributed by atoms with van der Waals surface area (Å²) in [5.41, 5.74) is -0.125. The number of nitrogens with zero attached hydrogens (tertiary/aromatic N) is 1. The maximum absolute atomic E-state index is 14.3. The Morgan fingerprint density at radius 3 is 2.41 bits per heavy atom. The van der Waals surface area contributed by atoms with Crippen molar-refractivity contribution in [1.29, 1.82) is 0 Å². The van der Waals surface area contributed by atoms with Gasteiger partial charge in [0.15, 0.2) is 0 Å². The monoisotopic (exact) mass is 474 g/mol. The Labute approximate surface area is 181 Å². The number of nitrogens with one attached hydrogen (secondary N) is 1. The molecule has 0 spiro atoms. The number of alkyl halides is 2. The zero-order valence-electron chi connectivity index (χ0n) is 16.8. The van der Waals surface area contributed by atoms with Gasteiger partial charge >= 0.3 is 0 Å². The topological polar surface area (TPSA) is 66.5 Å². The highest BCUT2D eigenvalue weighted by Gasteiger charge is 2.55. The molecule has 5 nitrogen and oxygen atoms in total. The Bertz CT molecular complexity index is 1170. The van der Waals surface area contributed by atoms with Gasteiger partial charge in [0.1, 0.15) is 23.5 Å². The summed E-state index contributed by atoms with van der Waals surface area (Å²) < 4.78 is 95.5. The first kappa shape index (κ1) is 22.7. The second kappa shape index (κ2) is 7.80. The third kappa shape index (κ3) is 4.36. The molecule has 2 aromatic carbocycles. The first-order valence-corrected chi connectivity index (χ1v) is 11.6. The molecule has 1 amide bonds. The number of amides is 1. The molecule has 1 N–H and O–H groups in total. The molecular formula is C21H19F5N2O3S. The zero-order chi connectivity index (χ0) is 23.4. The molecule has 0 aromatic heterocycles. The molecule has 3 unspecified atom stereocenters. The van der Waals surface area contributed by atoms with Crippen LogP contribution in [0.5, 0.6) is 0 Å². The highest BCUT2D eigenvalue weighted by molar-refractivity contribution is 7.88. The van der Waals surface area contributed by atoms with Crippen molar-refractivity contribution in [2.45, 2.75) is 24.3 Å². The molecule has 1 saturated carbocycles. The number of carbonyl (C=O) groups excluding carboxylic acids is 1. The molecule has 11 heteroatoms. The number of halogens is 5. The maximum atomic E-state index is 14.3. The molecule has 32 heavy (non-hydrogen) atoms. The summed E-state index contributed by atoms with van der Waals surface area (Å²) in [4.78, 5) is 13.7. The van der Waals surface area contributed by atoms with Crippen LogP contribution >= 0.6 is 0 Å². The van der Waals surface area contributed by atoms with Gasteiger partial charge in [-0.1, -0.05) is 12.1 Å². The normalized spacial score (nSPS) is 24.6. The van der Waals surface area contributed by atoms with Gasteiger partial charge in [-0.25, -0.2) is 35.1 Å². The first-order chi connectivity index (χ1) is 14.9. The third-order valence-electron chi connectivity index (χ3n) is 5.74. The summed E-state index contributed by atoms with van der Waals surface area (Å²) in [6, 6.07) is 4.91. The van der Waals surface area contributed by atoms with Crippen LogP contribution in [0.25, 0.3) is 11.1 Å². The molecule has 0 radical (unpaired) electrons. The SMILES string of the molecule is CS(=O)(=O)NC1CN(C(=O)C2CC2c2ccc(F)cc2-c2c(F)cccc2F)CC1(F)F. The van der Waals surface area contributed by atoms with Gasteiger partial charge < -0.3 is 4.90 Å². The molecular weight excluding hydrogens is 455 g/mol. The summed E-state index contributed by atoms with van der Waals surface area (Å²) in [7, 11) is -3.91. The van der Waals surface area contributed by atoms with Gasteiger partial charge in [-0.05, 0) is 47.7 Å². The molecule has 3 atom stereocenters. The fraction of sp³-hybridized carbons (Fsp3) is 0.381. The second-order valence-corrected chi connectivity index (χ2v) is 9.98. The lowest BCUT2D eigenvalue weighted by molar-refractivity contribution is -0.133. The largest absolute Gasteiger partial charge is 0.334 e. The van der Waals surface area contributed by atoms with E-state index < -0.39 is 75.8 Å². The van der Waals surface area contributed by atoms with E-state index in [9.17, 15) is 35.2 Å². The summed E-state index contributed by atoms with van der Waals surface area (Å²) in [5.74, 6) is -7.83. The van der Waals surface area contributed by atoms with Crippen molar-refractivity contribution in [1.82, 2.24) is 9.62 Å². The van der Waals surface area contributed by atoms with E-state index in [4.69, 9.17) is 0 Å². The van der Waals surface area contributed by atoms with E-state index in [1.807, 2.05) is 4.72 Å². The van der Waals surface area contributed by atoms with Crippen LogP contribution < -0.4 is 4.72 Å². The zero-order valence-corrected chi connectivity index (χ0v) is 17.6. The number of hydrogen-bond acceptors (Lipinski definition) is 3. The van der Waals surface area contributed by atoms with Crippen LogP contribution in [0.4, 0.5) is 22.0 Å². The summed E-state index contributed by atoms with van der Waals surface area (Å²) in [5, 5.41) is 0. The smallest absolute Gasteiger partial charge is 0.283 e. The second-order valence-electron chi connectivity index (χ2n) is 8.20. The lowest BCUT2D eigenvalue weighted by Gasteiger charge is -2.16. The van der Waals surface area contributed by atoms with Crippen LogP contribution in [-0.4, -0.2) is 50.5 Å². The highest BCUT2D eigenvalue weighted by Crippen LogP contribution is 2.52. The minimum atomic E-state index is -3.91. The average molecular weight is 474 g/mol. The van der Waals surface area contributed by atoms with Gasteiger partial charge in [-0.3, -0.25) is 4.79 Å². The number of rotatable bonds is 5. The third-order valence-corrected chi connectivity index (χ3v) is 6.45. The maximum Gasteiger partial charge on any atom is 0.283 e. The van der Waals surface area contributed by atoms with E-state index in [2.05, 4.69) is 0 Å². The predicted octanol–water partition coefficient (Wildman–Crippen LogP) is 3.27. The van der Waals surface area contributed by atoms with Crippen molar-refractivity contribution in [2.75, 3.05) is 19.3 Å². The Balaban J connectivity index is 1.58. The van der Waals surface area contributed by atoms with Gasteiger partial charge in [-0.15, -0.1) is 0 Å². The lowest BCUT2D eigenvalue weighted by Crippen LogP contribution is -2.46. The van der Waals surface area contributed by atoms with Crippen LogP contribution in [0.1, 0.15) is 17.9 Å². The van der Waals surface area contributed by atoms with Gasteiger partial charge in [0, 0.05) is 12.5 Å². The lowest BCUT2D eigenvalue weighted by atomic mass is 9.94. The van der Waals surface area contributed by atoms with E-state index in [1.54, 1.807) is 0 Å². The quantitative estimate of drug-likeness (QED) is 0.677. The number of sulfonamides is 1. The fourth-order valence-electron chi connectivity index (χ4n) is 4.20. The van der Waals surface area contributed by atoms with E-state index in [1.165, 1.54) is 12.1 Å². The molecule has 0 bridgehead atoms. The summed E-state index contributed by atoms with van der Waals surface area (Å²) in [6.07, 6.45) is 0.988. The summed E-state index contributed by atoms with van der Waals surface area (Å²) in [6.45, 7) is -1.44. The van der Waals surface area contributed by atoms with Crippen LogP contribution in [0.15, 0.2) is 36.4 Å². The Kier molecular flexibility index (Phi) is 5.52. The Morgan fingerprint density at radius 1 is 1.12 bits per heavy atom. The molecule has 2 fully saturated rings. The van der Waals surface area contributed by atoms with Gasteiger partial charge in [0.05, 0.1) is 18.4 Å². The number of hydrogen-bond donors (Lipinski definition) is 1. The molecule has 1 aliphatic carbocycles. The number of likely N-dealkylation sites (tertiary alicyclic amines) is 1. The van der Waals surface area contributed by atoms with E-state index in [-0.39, 0.29) is 12.0 Å². The first-order valence-electron chi connectivity index (χ1n) is 9.75. The Hall–Kier alpha value is -2.53. The van der Waals surface area contributed by atoms with E-state index in [0.29, 0.717) is 5.56 Å². The van der Waals surface area contributed by atoms with E-state index in [0.717, 1.165) is 35.4 Å². The molecule has 172 valence electrons. The van der Waals surface area contributed by atoms with Gasteiger partial charge in [0.25, 0.3) is 5.92 Å². The van der Waals surface area contributed by atoms with Crippen molar-refractivity contribution in [3.05, 3.63) is 59.4 Å². The molecule has 2 aromatic rings. The highest BCUT2D eigenvalue weighted by atomic mass is 32.2. The van der Waals surface area contributed by atoms with Crippen molar-refractivity contribution in [3.63, 3.8) is 0 Å². The molecule has 1 aliphatic heterocycles. The molecule has 4 rings (SSSR count). The van der Waals surface area contributed by atoms with Crippen molar-refractivity contribution >= 4 is 15.9 Å².